The number of thiophene rings is 1. The van der Waals surface area contributed by atoms with E-state index >= 15 is 0 Å². The molecule has 0 amide bonds. The molecule has 2 aromatic rings. The number of rotatable bonds is 2. The summed E-state index contributed by atoms with van der Waals surface area (Å²) in [6.45, 7) is 1.57. The Labute approximate surface area is 97.3 Å². The summed E-state index contributed by atoms with van der Waals surface area (Å²) in [6, 6.07) is 11.4. The maximum absolute atomic E-state index is 11.2. The molecule has 0 atom stereocenters. The third-order valence-electron chi connectivity index (χ3n) is 2.13. The first-order valence-electron chi connectivity index (χ1n) is 4.53. The Morgan fingerprint density at radius 1 is 1.27 bits per heavy atom. The lowest BCUT2D eigenvalue weighted by Gasteiger charge is -1.99. The predicted octanol–water partition coefficient (Wildman–Crippen LogP) is 4.27. The molecule has 1 heterocycles. The van der Waals surface area contributed by atoms with Crippen LogP contribution in [0.2, 0.25) is 4.34 Å². The molecule has 2 rings (SSSR count). The van der Waals surface area contributed by atoms with E-state index in [1.54, 1.807) is 6.92 Å². The minimum atomic E-state index is 0.0829. The van der Waals surface area contributed by atoms with E-state index in [0.29, 0.717) is 0 Å². The van der Waals surface area contributed by atoms with Gasteiger partial charge >= 0.3 is 0 Å². The molecule has 1 aromatic heterocycles. The smallest absolute Gasteiger partial charge is 0.159 e. The number of Topliss-reactive ketones (excluding diaryl/α,β-unsaturated/α-hetero) is 1. The molecule has 1 aromatic carbocycles. The first-order valence-corrected chi connectivity index (χ1v) is 5.73. The second-order valence-electron chi connectivity index (χ2n) is 3.24. The van der Waals surface area contributed by atoms with Crippen LogP contribution < -0.4 is 0 Å². The van der Waals surface area contributed by atoms with E-state index in [1.165, 1.54) is 11.3 Å². The first kappa shape index (κ1) is 10.4. The fourth-order valence-electron chi connectivity index (χ4n) is 1.36. The first-order chi connectivity index (χ1) is 7.16. The molecule has 0 fully saturated rings. The molecule has 0 spiro atoms. The van der Waals surface area contributed by atoms with Crippen molar-refractivity contribution in [2.75, 3.05) is 0 Å². The van der Waals surface area contributed by atoms with Crippen LogP contribution in [-0.2, 0) is 0 Å². The summed E-state index contributed by atoms with van der Waals surface area (Å²) >= 11 is 7.38. The molecule has 0 N–H and O–H groups in total. The van der Waals surface area contributed by atoms with Crippen LogP contribution in [0.1, 0.15) is 17.3 Å². The topological polar surface area (TPSA) is 17.1 Å². The Balaban J connectivity index is 2.45. The molecule has 0 aliphatic heterocycles. The molecule has 0 bridgehead atoms. The van der Waals surface area contributed by atoms with Crippen LogP contribution in [0.25, 0.3) is 10.4 Å². The standard InChI is InChI=1S/C12H9ClOS/c1-8(14)9-3-2-4-10(7-9)11-5-6-12(13)15-11/h2-7H,1H3. The number of carbonyl (C=O) groups excluding carboxylic acids is 1. The van der Waals surface area contributed by atoms with Crippen LogP contribution in [0.15, 0.2) is 36.4 Å². The van der Waals surface area contributed by atoms with Crippen LogP contribution in [-0.4, -0.2) is 5.78 Å². The second kappa shape index (κ2) is 4.17. The van der Waals surface area contributed by atoms with E-state index in [0.717, 1.165) is 20.3 Å². The van der Waals surface area contributed by atoms with Gasteiger partial charge in [-0.1, -0.05) is 29.8 Å². The zero-order valence-electron chi connectivity index (χ0n) is 8.16. The molecule has 0 saturated carbocycles. The zero-order chi connectivity index (χ0) is 10.8. The lowest BCUT2D eigenvalue weighted by atomic mass is 10.1. The molecule has 76 valence electrons. The predicted molar refractivity (Wildman–Crippen MR) is 64.8 cm³/mol. The Hall–Kier alpha value is -1.12. The lowest BCUT2D eigenvalue weighted by molar-refractivity contribution is 0.101. The van der Waals surface area contributed by atoms with Crippen LogP contribution in [0, 0.1) is 0 Å². The van der Waals surface area contributed by atoms with Gasteiger partial charge in [-0.15, -0.1) is 11.3 Å². The number of halogens is 1. The SMILES string of the molecule is CC(=O)c1cccc(-c2ccc(Cl)s2)c1. The molecule has 0 aliphatic carbocycles. The number of carbonyl (C=O) groups is 1. The Morgan fingerprint density at radius 3 is 2.67 bits per heavy atom. The average molecular weight is 237 g/mol. The number of hydrogen-bond acceptors (Lipinski definition) is 2. The van der Waals surface area contributed by atoms with Crippen molar-refractivity contribution in [1.82, 2.24) is 0 Å². The van der Waals surface area contributed by atoms with Crippen molar-refractivity contribution in [3.05, 3.63) is 46.3 Å². The fourth-order valence-corrected chi connectivity index (χ4v) is 2.40. The van der Waals surface area contributed by atoms with Crippen molar-refractivity contribution in [3.8, 4) is 10.4 Å². The van der Waals surface area contributed by atoms with Gasteiger partial charge in [0.2, 0.25) is 0 Å². The Kier molecular flexibility index (Phi) is 2.89. The van der Waals surface area contributed by atoms with Gasteiger partial charge in [-0.25, -0.2) is 0 Å². The van der Waals surface area contributed by atoms with E-state index in [-0.39, 0.29) is 5.78 Å². The van der Waals surface area contributed by atoms with E-state index in [1.807, 2.05) is 36.4 Å². The highest BCUT2D eigenvalue weighted by atomic mass is 35.5. The molecular formula is C12H9ClOS. The highest BCUT2D eigenvalue weighted by Gasteiger charge is 2.04. The second-order valence-corrected chi connectivity index (χ2v) is 4.96. The van der Waals surface area contributed by atoms with Crippen LogP contribution >= 0.6 is 22.9 Å². The Bertz CT molecular complexity index is 502. The van der Waals surface area contributed by atoms with E-state index in [4.69, 9.17) is 11.6 Å². The summed E-state index contributed by atoms with van der Waals surface area (Å²) in [5, 5.41) is 0. The average Bonchev–Trinajstić information content (AvgIpc) is 2.65. The Morgan fingerprint density at radius 2 is 2.07 bits per heavy atom. The molecule has 0 saturated heterocycles. The van der Waals surface area contributed by atoms with Gasteiger partial charge in [-0.3, -0.25) is 4.79 Å². The third-order valence-corrected chi connectivity index (χ3v) is 3.41. The van der Waals surface area contributed by atoms with Gasteiger partial charge in [-0.05, 0) is 30.7 Å². The van der Waals surface area contributed by atoms with Crippen molar-refractivity contribution in [1.29, 1.82) is 0 Å². The number of hydrogen-bond donors (Lipinski definition) is 0. The van der Waals surface area contributed by atoms with E-state index in [9.17, 15) is 4.79 Å². The molecule has 3 heteroatoms. The molecule has 0 aliphatic rings. The lowest BCUT2D eigenvalue weighted by Crippen LogP contribution is -1.90. The molecular weight excluding hydrogens is 228 g/mol. The van der Waals surface area contributed by atoms with Crippen LogP contribution in [0.3, 0.4) is 0 Å². The summed E-state index contributed by atoms with van der Waals surface area (Å²) in [7, 11) is 0. The van der Waals surface area contributed by atoms with Gasteiger partial charge in [0.25, 0.3) is 0 Å². The van der Waals surface area contributed by atoms with Gasteiger partial charge in [0.1, 0.15) is 0 Å². The fraction of sp³-hybridized carbons (Fsp3) is 0.0833. The summed E-state index contributed by atoms with van der Waals surface area (Å²) in [6.07, 6.45) is 0. The van der Waals surface area contributed by atoms with Gasteiger partial charge in [-0.2, -0.15) is 0 Å². The van der Waals surface area contributed by atoms with Gasteiger partial charge < -0.3 is 0 Å². The van der Waals surface area contributed by atoms with Gasteiger partial charge in [0.15, 0.2) is 5.78 Å². The highest BCUT2D eigenvalue weighted by Crippen LogP contribution is 2.31. The van der Waals surface area contributed by atoms with Gasteiger partial charge in [0, 0.05) is 10.4 Å². The van der Waals surface area contributed by atoms with Gasteiger partial charge in [0.05, 0.1) is 4.34 Å². The van der Waals surface area contributed by atoms with Crippen molar-refractivity contribution in [3.63, 3.8) is 0 Å². The monoisotopic (exact) mass is 236 g/mol. The van der Waals surface area contributed by atoms with Crippen molar-refractivity contribution < 1.29 is 4.79 Å². The summed E-state index contributed by atoms with van der Waals surface area (Å²) in [4.78, 5) is 12.3. The molecule has 0 radical (unpaired) electrons. The van der Waals surface area contributed by atoms with Crippen molar-refractivity contribution in [2.45, 2.75) is 6.92 Å². The maximum atomic E-state index is 11.2. The van der Waals surface area contributed by atoms with E-state index in [2.05, 4.69) is 0 Å². The summed E-state index contributed by atoms with van der Waals surface area (Å²) in [5.41, 5.74) is 1.77. The maximum Gasteiger partial charge on any atom is 0.159 e. The quantitative estimate of drug-likeness (QED) is 0.712. The van der Waals surface area contributed by atoms with Crippen molar-refractivity contribution >= 4 is 28.7 Å². The molecule has 0 unspecified atom stereocenters. The zero-order valence-corrected chi connectivity index (χ0v) is 9.73. The molecule has 15 heavy (non-hydrogen) atoms. The highest BCUT2D eigenvalue weighted by molar-refractivity contribution is 7.19. The van der Waals surface area contributed by atoms with Crippen molar-refractivity contribution in [2.24, 2.45) is 0 Å². The third kappa shape index (κ3) is 2.28. The minimum Gasteiger partial charge on any atom is -0.295 e. The summed E-state index contributed by atoms with van der Waals surface area (Å²) < 4.78 is 0.762. The largest absolute Gasteiger partial charge is 0.295 e. The van der Waals surface area contributed by atoms with E-state index < -0.39 is 0 Å². The van der Waals surface area contributed by atoms with Crippen LogP contribution in [0.4, 0.5) is 0 Å². The number of ketones is 1. The summed E-state index contributed by atoms with van der Waals surface area (Å²) in [5.74, 6) is 0.0829. The normalized spacial score (nSPS) is 10.3. The molecule has 1 nitrogen and oxygen atoms in total. The minimum absolute atomic E-state index is 0.0829. The van der Waals surface area contributed by atoms with Crippen LogP contribution in [0.5, 0.6) is 0 Å². The number of benzene rings is 1.